The van der Waals surface area contributed by atoms with Crippen LogP contribution in [-0.4, -0.2) is 17.7 Å². The van der Waals surface area contributed by atoms with Crippen molar-refractivity contribution in [3.8, 4) is 0 Å². The van der Waals surface area contributed by atoms with Crippen molar-refractivity contribution in [1.82, 2.24) is 5.32 Å². The van der Waals surface area contributed by atoms with Crippen LogP contribution in [-0.2, 0) is 5.60 Å². The van der Waals surface area contributed by atoms with Crippen molar-refractivity contribution in [2.45, 2.75) is 38.8 Å². The van der Waals surface area contributed by atoms with E-state index in [1.807, 2.05) is 44.2 Å². The number of rotatable bonds is 5. The van der Waals surface area contributed by atoms with Crippen molar-refractivity contribution in [1.29, 1.82) is 0 Å². The Bertz CT molecular complexity index is 286. The first-order chi connectivity index (χ1) is 7.15. The summed E-state index contributed by atoms with van der Waals surface area (Å²) >= 11 is 0. The second-order valence-electron chi connectivity index (χ2n) is 3.92. The van der Waals surface area contributed by atoms with E-state index in [1.54, 1.807) is 0 Å². The van der Waals surface area contributed by atoms with E-state index < -0.39 is 5.60 Å². The number of nitrogens with one attached hydrogen (secondary N) is 1. The van der Waals surface area contributed by atoms with Crippen LogP contribution in [0.3, 0.4) is 0 Å². The van der Waals surface area contributed by atoms with Crippen LogP contribution in [0.4, 0.5) is 0 Å². The van der Waals surface area contributed by atoms with Gasteiger partial charge >= 0.3 is 0 Å². The van der Waals surface area contributed by atoms with Crippen molar-refractivity contribution in [2.24, 2.45) is 0 Å². The van der Waals surface area contributed by atoms with Gasteiger partial charge in [-0.25, -0.2) is 0 Å². The van der Waals surface area contributed by atoms with Crippen LogP contribution < -0.4 is 5.32 Å². The molecule has 2 N–H and O–H groups in total. The van der Waals surface area contributed by atoms with Crippen molar-refractivity contribution < 1.29 is 5.11 Å². The Labute approximate surface area is 92.3 Å². The minimum atomic E-state index is -0.767. The van der Waals surface area contributed by atoms with Gasteiger partial charge in [-0.15, -0.1) is 0 Å². The van der Waals surface area contributed by atoms with E-state index in [0.717, 1.165) is 12.1 Å². The average Bonchev–Trinajstić information content (AvgIpc) is 2.29. The molecule has 0 aliphatic carbocycles. The van der Waals surface area contributed by atoms with Crippen molar-refractivity contribution >= 4 is 0 Å². The van der Waals surface area contributed by atoms with Crippen LogP contribution in [0.25, 0.3) is 0 Å². The highest BCUT2D eigenvalue weighted by molar-refractivity contribution is 5.24. The van der Waals surface area contributed by atoms with Gasteiger partial charge in [0, 0.05) is 6.04 Å². The largest absolute Gasteiger partial charge is 0.384 e. The van der Waals surface area contributed by atoms with Crippen LogP contribution in [0.15, 0.2) is 30.3 Å². The molecule has 0 saturated heterocycles. The molecule has 84 valence electrons. The minimum Gasteiger partial charge on any atom is -0.384 e. The molecule has 0 aliphatic heterocycles. The molecule has 1 aromatic carbocycles. The number of hydrogen-bond acceptors (Lipinski definition) is 2. The van der Waals surface area contributed by atoms with Gasteiger partial charge in [0.15, 0.2) is 0 Å². The van der Waals surface area contributed by atoms with E-state index >= 15 is 0 Å². The van der Waals surface area contributed by atoms with Gasteiger partial charge in [0.2, 0.25) is 0 Å². The molecule has 0 amide bonds. The lowest BCUT2D eigenvalue weighted by atomic mass is 9.85. The number of likely N-dealkylation sites (N-methyl/N-ethyl adjacent to an activating group) is 1. The normalized spacial score (nSPS) is 17.1. The summed E-state index contributed by atoms with van der Waals surface area (Å²) in [6.07, 6.45) is 0.713. The summed E-state index contributed by atoms with van der Waals surface area (Å²) in [6, 6.07) is 9.94. The van der Waals surface area contributed by atoms with Crippen LogP contribution >= 0.6 is 0 Å². The van der Waals surface area contributed by atoms with Crippen molar-refractivity contribution in [2.75, 3.05) is 6.54 Å². The molecule has 2 unspecified atom stereocenters. The number of benzene rings is 1. The second kappa shape index (κ2) is 5.29. The van der Waals surface area contributed by atoms with E-state index in [4.69, 9.17) is 0 Å². The van der Waals surface area contributed by atoms with Crippen LogP contribution in [0.2, 0.25) is 0 Å². The van der Waals surface area contributed by atoms with E-state index in [-0.39, 0.29) is 6.04 Å². The molecule has 15 heavy (non-hydrogen) atoms. The first-order valence-electron chi connectivity index (χ1n) is 5.66. The molecule has 0 bridgehead atoms. The summed E-state index contributed by atoms with van der Waals surface area (Å²) in [7, 11) is 0. The number of aliphatic hydroxyl groups is 1. The summed E-state index contributed by atoms with van der Waals surface area (Å²) in [5.41, 5.74) is 0.220. The maximum Gasteiger partial charge on any atom is 0.104 e. The molecular formula is C13H21NO. The van der Waals surface area contributed by atoms with Crippen LogP contribution in [0.1, 0.15) is 32.8 Å². The van der Waals surface area contributed by atoms with Gasteiger partial charge in [0.05, 0.1) is 0 Å². The van der Waals surface area contributed by atoms with Gasteiger partial charge in [-0.1, -0.05) is 44.2 Å². The average molecular weight is 207 g/mol. The minimum absolute atomic E-state index is 0.0647. The molecule has 0 heterocycles. The highest BCUT2D eigenvalue weighted by Crippen LogP contribution is 2.28. The standard InChI is InChI=1S/C13H21NO/c1-4-13(15,11(3)14-5-2)12-9-7-6-8-10-12/h6-11,14-15H,4-5H2,1-3H3. The Balaban J connectivity index is 2.94. The summed E-state index contributed by atoms with van der Waals surface area (Å²) in [5, 5.41) is 13.9. The van der Waals surface area contributed by atoms with E-state index in [0.29, 0.717) is 6.42 Å². The van der Waals surface area contributed by atoms with E-state index in [9.17, 15) is 5.11 Å². The maximum atomic E-state index is 10.6. The molecule has 2 atom stereocenters. The Hall–Kier alpha value is -0.860. The van der Waals surface area contributed by atoms with Gasteiger partial charge in [-0.2, -0.15) is 0 Å². The van der Waals surface area contributed by atoms with Crippen LogP contribution in [0.5, 0.6) is 0 Å². The number of hydrogen-bond donors (Lipinski definition) is 2. The van der Waals surface area contributed by atoms with Crippen molar-refractivity contribution in [3.63, 3.8) is 0 Å². The first-order valence-corrected chi connectivity index (χ1v) is 5.66. The Morgan fingerprint density at radius 1 is 1.27 bits per heavy atom. The maximum absolute atomic E-state index is 10.6. The predicted molar refractivity (Wildman–Crippen MR) is 63.8 cm³/mol. The summed E-state index contributed by atoms with van der Waals surface area (Å²) in [6.45, 7) is 6.97. The zero-order valence-electron chi connectivity index (χ0n) is 9.83. The van der Waals surface area contributed by atoms with Crippen molar-refractivity contribution in [3.05, 3.63) is 35.9 Å². The zero-order valence-corrected chi connectivity index (χ0v) is 9.83. The van der Waals surface area contributed by atoms with Gasteiger partial charge in [0.1, 0.15) is 5.60 Å². The van der Waals surface area contributed by atoms with Gasteiger partial charge in [-0.05, 0) is 25.5 Å². The fourth-order valence-corrected chi connectivity index (χ4v) is 1.96. The Morgan fingerprint density at radius 3 is 2.33 bits per heavy atom. The molecule has 0 spiro atoms. The third-order valence-corrected chi connectivity index (χ3v) is 3.04. The second-order valence-corrected chi connectivity index (χ2v) is 3.92. The molecule has 0 radical (unpaired) electrons. The SMILES string of the molecule is CCNC(C)C(O)(CC)c1ccccc1. The van der Waals surface area contributed by atoms with Gasteiger partial charge in [0.25, 0.3) is 0 Å². The lowest BCUT2D eigenvalue weighted by Crippen LogP contribution is -2.46. The fourth-order valence-electron chi connectivity index (χ4n) is 1.96. The molecule has 2 heteroatoms. The molecule has 0 aromatic heterocycles. The fraction of sp³-hybridized carbons (Fsp3) is 0.538. The Kier molecular flexibility index (Phi) is 4.30. The monoisotopic (exact) mass is 207 g/mol. The summed E-state index contributed by atoms with van der Waals surface area (Å²) in [4.78, 5) is 0. The lowest BCUT2D eigenvalue weighted by molar-refractivity contribution is -0.000788. The van der Waals surface area contributed by atoms with Gasteiger partial charge < -0.3 is 10.4 Å². The first kappa shape index (κ1) is 12.2. The molecular weight excluding hydrogens is 186 g/mol. The summed E-state index contributed by atoms with van der Waals surface area (Å²) < 4.78 is 0. The molecule has 0 saturated carbocycles. The molecule has 2 nitrogen and oxygen atoms in total. The zero-order chi connectivity index (χ0) is 11.3. The molecule has 1 aromatic rings. The lowest BCUT2D eigenvalue weighted by Gasteiger charge is -2.34. The smallest absolute Gasteiger partial charge is 0.104 e. The highest BCUT2D eigenvalue weighted by Gasteiger charge is 2.32. The van der Waals surface area contributed by atoms with E-state index in [1.165, 1.54) is 0 Å². The van der Waals surface area contributed by atoms with Crippen LogP contribution in [0, 0.1) is 0 Å². The topological polar surface area (TPSA) is 32.3 Å². The molecule has 0 fully saturated rings. The Morgan fingerprint density at radius 2 is 1.87 bits per heavy atom. The summed E-state index contributed by atoms with van der Waals surface area (Å²) in [5.74, 6) is 0. The predicted octanol–water partition coefficient (Wildman–Crippen LogP) is 2.28. The molecule has 0 aliphatic rings. The quantitative estimate of drug-likeness (QED) is 0.776. The third-order valence-electron chi connectivity index (χ3n) is 3.04. The third kappa shape index (κ3) is 2.58. The highest BCUT2D eigenvalue weighted by atomic mass is 16.3. The molecule has 1 rings (SSSR count). The van der Waals surface area contributed by atoms with E-state index in [2.05, 4.69) is 12.2 Å². The van der Waals surface area contributed by atoms with Gasteiger partial charge in [-0.3, -0.25) is 0 Å².